The highest BCUT2D eigenvalue weighted by molar-refractivity contribution is 5.78. The molecule has 0 saturated carbocycles. The zero-order valence-corrected chi connectivity index (χ0v) is 10.6. The minimum atomic E-state index is 0.0972. The van der Waals surface area contributed by atoms with Crippen molar-refractivity contribution in [1.29, 1.82) is 0 Å². The van der Waals surface area contributed by atoms with Crippen molar-refractivity contribution < 1.29 is 4.79 Å². The molecule has 3 nitrogen and oxygen atoms in total. The van der Waals surface area contributed by atoms with E-state index in [0.29, 0.717) is 18.5 Å². The van der Waals surface area contributed by atoms with Crippen molar-refractivity contribution in [3.05, 3.63) is 0 Å². The number of hydrogen-bond donors (Lipinski definition) is 2. The fraction of sp³-hybridized carbons (Fsp3) is 0.917. The Kier molecular flexibility index (Phi) is 8.38. The molecule has 2 atom stereocenters. The summed E-state index contributed by atoms with van der Waals surface area (Å²) in [6, 6.07) is 0.294. The molecule has 0 fully saturated rings. The predicted octanol–water partition coefficient (Wildman–Crippen LogP) is 1.93. The lowest BCUT2D eigenvalue weighted by molar-refractivity contribution is -0.121. The lowest BCUT2D eigenvalue weighted by Crippen LogP contribution is -2.41. The molecular weight excluding hydrogens is 188 g/mol. The molecule has 0 saturated heterocycles. The second kappa shape index (κ2) is 8.72. The number of likely N-dealkylation sites (N-methyl/N-ethyl adjacent to an activating group) is 1. The van der Waals surface area contributed by atoms with Crippen LogP contribution >= 0.6 is 0 Å². The second-order valence-electron chi connectivity index (χ2n) is 4.20. The van der Waals surface area contributed by atoms with Gasteiger partial charge in [-0.05, 0) is 26.3 Å². The predicted molar refractivity (Wildman–Crippen MR) is 64.8 cm³/mol. The van der Waals surface area contributed by atoms with Gasteiger partial charge in [-0.3, -0.25) is 4.79 Å². The second-order valence-corrected chi connectivity index (χ2v) is 4.20. The molecule has 2 N–H and O–H groups in total. The minimum Gasteiger partial charge on any atom is -0.352 e. The average Bonchev–Trinajstić information content (AvgIpc) is 2.19. The van der Waals surface area contributed by atoms with Crippen molar-refractivity contribution in [3.63, 3.8) is 0 Å². The summed E-state index contributed by atoms with van der Waals surface area (Å²) in [6.07, 6.45) is 4.84. The molecule has 15 heavy (non-hydrogen) atoms. The molecule has 0 aromatic heterocycles. The zero-order chi connectivity index (χ0) is 11.7. The van der Waals surface area contributed by atoms with E-state index in [1.807, 2.05) is 0 Å². The van der Waals surface area contributed by atoms with Crippen molar-refractivity contribution in [1.82, 2.24) is 10.6 Å². The van der Waals surface area contributed by atoms with Crippen LogP contribution in [0.3, 0.4) is 0 Å². The Bertz CT molecular complexity index is 171. The first kappa shape index (κ1) is 14.4. The number of amides is 1. The van der Waals surface area contributed by atoms with Gasteiger partial charge in [0.1, 0.15) is 0 Å². The maximum absolute atomic E-state index is 11.4. The lowest BCUT2D eigenvalue weighted by atomic mass is 9.92. The summed E-state index contributed by atoms with van der Waals surface area (Å²) in [4.78, 5) is 11.4. The molecule has 0 spiro atoms. The van der Waals surface area contributed by atoms with E-state index >= 15 is 0 Å². The van der Waals surface area contributed by atoms with Gasteiger partial charge in [0.05, 0.1) is 6.54 Å². The van der Waals surface area contributed by atoms with Gasteiger partial charge in [-0.1, -0.05) is 33.1 Å². The third kappa shape index (κ3) is 6.50. The zero-order valence-electron chi connectivity index (χ0n) is 10.6. The smallest absolute Gasteiger partial charge is 0.234 e. The number of unbranched alkanes of at least 4 members (excludes halogenated alkanes) is 1. The number of hydrogen-bond acceptors (Lipinski definition) is 2. The number of nitrogens with one attached hydrogen (secondary N) is 2. The third-order valence-electron chi connectivity index (χ3n) is 2.89. The molecule has 3 heteroatoms. The molecule has 0 aliphatic rings. The van der Waals surface area contributed by atoms with E-state index in [1.54, 1.807) is 7.05 Å². The number of carbonyl (C=O) groups is 1. The Morgan fingerprint density at radius 2 is 2.00 bits per heavy atom. The Labute approximate surface area is 94.0 Å². The van der Waals surface area contributed by atoms with Crippen LogP contribution in [0, 0.1) is 5.92 Å². The van der Waals surface area contributed by atoms with Gasteiger partial charge in [0, 0.05) is 6.04 Å². The van der Waals surface area contributed by atoms with E-state index < -0.39 is 0 Å². The maximum Gasteiger partial charge on any atom is 0.234 e. The molecule has 2 unspecified atom stereocenters. The SMILES string of the molecule is CCCCC(CC)C(C)NC(=O)CNC. The first-order chi connectivity index (χ1) is 7.15. The van der Waals surface area contributed by atoms with Crippen molar-refractivity contribution in [2.24, 2.45) is 5.92 Å². The number of rotatable bonds is 8. The van der Waals surface area contributed by atoms with E-state index in [2.05, 4.69) is 31.4 Å². The molecule has 0 bridgehead atoms. The van der Waals surface area contributed by atoms with Gasteiger partial charge >= 0.3 is 0 Å². The van der Waals surface area contributed by atoms with Crippen molar-refractivity contribution in [2.45, 2.75) is 52.5 Å². The molecule has 90 valence electrons. The molecule has 0 aliphatic heterocycles. The molecule has 0 aromatic carbocycles. The van der Waals surface area contributed by atoms with Crippen LogP contribution in [0.1, 0.15) is 46.5 Å². The van der Waals surface area contributed by atoms with Gasteiger partial charge in [-0.25, -0.2) is 0 Å². The van der Waals surface area contributed by atoms with Crippen LogP contribution in [-0.2, 0) is 4.79 Å². The first-order valence-electron chi connectivity index (χ1n) is 6.09. The molecule has 1 amide bonds. The van der Waals surface area contributed by atoms with Crippen molar-refractivity contribution >= 4 is 5.91 Å². The van der Waals surface area contributed by atoms with E-state index in [1.165, 1.54) is 19.3 Å². The van der Waals surface area contributed by atoms with Gasteiger partial charge < -0.3 is 10.6 Å². The Morgan fingerprint density at radius 3 is 2.47 bits per heavy atom. The minimum absolute atomic E-state index is 0.0972. The fourth-order valence-corrected chi connectivity index (χ4v) is 1.86. The third-order valence-corrected chi connectivity index (χ3v) is 2.89. The Balaban J connectivity index is 3.91. The number of carbonyl (C=O) groups excluding carboxylic acids is 1. The summed E-state index contributed by atoms with van der Waals surface area (Å²) in [6.45, 7) is 6.92. The average molecular weight is 214 g/mol. The van der Waals surface area contributed by atoms with E-state index in [4.69, 9.17) is 0 Å². The summed E-state index contributed by atoms with van der Waals surface area (Å²) >= 11 is 0. The summed E-state index contributed by atoms with van der Waals surface area (Å²) in [5, 5.41) is 5.90. The van der Waals surface area contributed by atoms with Crippen molar-refractivity contribution in [3.8, 4) is 0 Å². The topological polar surface area (TPSA) is 41.1 Å². The van der Waals surface area contributed by atoms with E-state index in [-0.39, 0.29) is 5.91 Å². The van der Waals surface area contributed by atoms with Gasteiger partial charge in [0.2, 0.25) is 5.91 Å². The van der Waals surface area contributed by atoms with E-state index in [0.717, 1.165) is 6.42 Å². The Hall–Kier alpha value is -0.570. The fourth-order valence-electron chi connectivity index (χ4n) is 1.86. The molecule has 0 rings (SSSR count). The molecule has 0 aliphatic carbocycles. The summed E-state index contributed by atoms with van der Waals surface area (Å²) in [5.41, 5.74) is 0. The summed E-state index contributed by atoms with van der Waals surface area (Å²) < 4.78 is 0. The molecule has 0 heterocycles. The molecule has 0 aromatic rings. The van der Waals surface area contributed by atoms with Gasteiger partial charge in [-0.15, -0.1) is 0 Å². The van der Waals surface area contributed by atoms with Crippen molar-refractivity contribution in [2.75, 3.05) is 13.6 Å². The highest BCUT2D eigenvalue weighted by Crippen LogP contribution is 2.16. The van der Waals surface area contributed by atoms with Gasteiger partial charge in [0.15, 0.2) is 0 Å². The highest BCUT2D eigenvalue weighted by Gasteiger charge is 2.16. The normalized spacial score (nSPS) is 14.7. The van der Waals surface area contributed by atoms with Crippen LogP contribution < -0.4 is 10.6 Å². The molecular formula is C12H26N2O. The van der Waals surface area contributed by atoms with E-state index in [9.17, 15) is 4.79 Å². The van der Waals surface area contributed by atoms with Gasteiger partial charge in [0.25, 0.3) is 0 Å². The standard InChI is InChI=1S/C12H26N2O/c1-5-7-8-11(6-2)10(3)14-12(15)9-13-4/h10-11,13H,5-9H2,1-4H3,(H,14,15). The summed E-state index contributed by atoms with van der Waals surface area (Å²) in [5.74, 6) is 0.714. The van der Waals surface area contributed by atoms with Crippen LogP contribution in [0.5, 0.6) is 0 Å². The lowest BCUT2D eigenvalue weighted by Gasteiger charge is -2.23. The monoisotopic (exact) mass is 214 g/mol. The molecule has 0 radical (unpaired) electrons. The van der Waals surface area contributed by atoms with Crippen LogP contribution in [0.4, 0.5) is 0 Å². The van der Waals surface area contributed by atoms with Crippen LogP contribution in [-0.4, -0.2) is 25.5 Å². The van der Waals surface area contributed by atoms with Gasteiger partial charge in [-0.2, -0.15) is 0 Å². The van der Waals surface area contributed by atoms with Crippen LogP contribution in [0.2, 0.25) is 0 Å². The van der Waals surface area contributed by atoms with Crippen LogP contribution in [0.15, 0.2) is 0 Å². The van der Waals surface area contributed by atoms with Crippen LogP contribution in [0.25, 0.3) is 0 Å². The first-order valence-corrected chi connectivity index (χ1v) is 6.09. The Morgan fingerprint density at radius 1 is 1.33 bits per heavy atom. The maximum atomic E-state index is 11.4. The summed E-state index contributed by atoms with van der Waals surface area (Å²) in [7, 11) is 1.79. The largest absolute Gasteiger partial charge is 0.352 e. The highest BCUT2D eigenvalue weighted by atomic mass is 16.1. The quantitative estimate of drug-likeness (QED) is 0.648.